The number of carbonyl (C=O) groups is 1. The Labute approximate surface area is 106 Å². The van der Waals surface area contributed by atoms with Gasteiger partial charge in [-0.2, -0.15) is 0 Å². The van der Waals surface area contributed by atoms with Gasteiger partial charge < -0.3 is 9.84 Å². The summed E-state index contributed by atoms with van der Waals surface area (Å²) in [4.78, 5) is 11.0. The summed E-state index contributed by atoms with van der Waals surface area (Å²) in [6, 6.07) is 12.3. The molecule has 0 unspecified atom stereocenters. The van der Waals surface area contributed by atoms with E-state index in [2.05, 4.69) is 0 Å². The molecule has 18 heavy (non-hydrogen) atoms. The number of rotatable bonds is 4. The fourth-order valence-corrected chi connectivity index (χ4v) is 1.81. The normalized spacial score (nSPS) is 10.1. The molecule has 0 aliphatic carbocycles. The fraction of sp³-hybridized carbons (Fsp3) is 0.133. The number of ether oxygens (including phenoxy) is 1. The third kappa shape index (κ3) is 2.51. The molecular formula is C15H14O3. The van der Waals surface area contributed by atoms with Crippen molar-refractivity contribution in [3.05, 3.63) is 48.0 Å². The first kappa shape index (κ1) is 12.2. The van der Waals surface area contributed by atoms with Crippen LogP contribution in [0.4, 0.5) is 0 Å². The van der Waals surface area contributed by atoms with Crippen LogP contribution in [0.3, 0.4) is 0 Å². The highest BCUT2D eigenvalue weighted by molar-refractivity contribution is 5.88. The lowest BCUT2D eigenvalue weighted by Gasteiger charge is -2.07. The van der Waals surface area contributed by atoms with Gasteiger partial charge in [0.05, 0.1) is 6.61 Å². The highest BCUT2D eigenvalue weighted by Gasteiger charge is 2.05. The van der Waals surface area contributed by atoms with Gasteiger partial charge >= 0.3 is 0 Å². The van der Waals surface area contributed by atoms with Gasteiger partial charge in [0.2, 0.25) is 0 Å². The molecule has 0 aliphatic rings. The Morgan fingerprint density at radius 3 is 2.50 bits per heavy atom. The van der Waals surface area contributed by atoms with E-state index >= 15 is 0 Å². The lowest BCUT2D eigenvalue weighted by molar-refractivity contribution is 0.112. The van der Waals surface area contributed by atoms with Gasteiger partial charge in [0, 0.05) is 5.56 Å². The van der Waals surface area contributed by atoms with Crippen molar-refractivity contribution in [2.45, 2.75) is 6.92 Å². The van der Waals surface area contributed by atoms with E-state index in [9.17, 15) is 9.90 Å². The van der Waals surface area contributed by atoms with Gasteiger partial charge in [0.15, 0.2) is 6.29 Å². The van der Waals surface area contributed by atoms with Crippen LogP contribution in [0, 0.1) is 0 Å². The van der Waals surface area contributed by atoms with Gasteiger partial charge in [-0.15, -0.1) is 0 Å². The smallest absolute Gasteiger partial charge is 0.150 e. The molecule has 1 N–H and O–H groups in total. The average Bonchev–Trinajstić information content (AvgIpc) is 2.40. The Bertz CT molecular complexity index is 544. The van der Waals surface area contributed by atoms with Crippen LogP contribution >= 0.6 is 0 Å². The van der Waals surface area contributed by atoms with Crippen LogP contribution < -0.4 is 4.74 Å². The van der Waals surface area contributed by atoms with E-state index in [1.807, 2.05) is 31.2 Å². The Morgan fingerprint density at radius 1 is 1.17 bits per heavy atom. The molecule has 0 aliphatic heterocycles. The molecule has 92 valence electrons. The monoisotopic (exact) mass is 242 g/mol. The Balaban J connectivity index is 2.39. The van der Waals surface area contributed by atoms with Crippen LogP contribution in [0.15, 0.2) is 42.5 Å². The molecule has 0 heterocycles. The summed E-state index contributed by atoms with van der Waals surface area (Å²) in [5.41, 5.74) is 2.19. The molecule has 0 bridgehead atoms. The number of aromatic hydroxyl groups is 1. The Kier molecular flexibility index (Phi) is 3.63. The molecule has 0 spiro atoms. The third-order valence-electron chi connectivity index (χ3n) is 2.64. The van der Waals surface area contributed by atoms with Crippen molar-refractivity contribution >= 4 is 6.29 Å². The summed E-state index contributed by atoms with van der Waals surface area (Å²) >= 11 is 0. The molecule has 0 fully saturated rings. The van der Waals surface area contributed by atoms with Crippen LogP contribution in [0.2, 0.25) is 0 Å². The molecule has 0 aromatic heterocycles. The van der Waals surface area contributed by atoms with Gasteiger partial charge in [-0.3, -0.25) is 4.79 Å². The van der Waals surface area contributed by atoms with Gasteiger partial charge in [-0.05, 0) is 48.4 Å². The van der Waals surface area contributed by atoms with Crippen LogP contribution in [0.1, 0.15) is 17.3 Å². The van der Waals surface area contributed by atoms with E-state index in [0.29, 0.717) is 12.2 Å². The fourth-order valence-electron chi connectivity index (χ4n) is 1.81. The molecule has 0 saturated carbocycles. The van der Waals surface area contributed by atoms with E-state index in [1.165, 1.54) is 6.07 Å². The summed E-state index contributed by atoms with van der Waals surface area (Å²) in [5, 5.41) is 9.35. The average molecular weight is 242 g/mol. The van der Waals surface area contributed by atoms with Crippen molar-refractivity contribution in [1.82, 2.24) is 0 Å². The second-order valence-corrected chi connectivity index (χ2v) is 3.85. The molecule has 3 heteroatoms. The zero-order chi connectivity index (χ0) is 13.0. The predicted molar refractivity (Wildman–Crippen MR) is 70.1 cm³/mol. The summed E-state index contributed by atoms with van der Waals surface area (Å²) in [7, 11) is 0. The molecule has 2 rings (SSSR count). The molecular weight excluding hydrogens is 228 g/mol. The highest BCUT2D eigenvalue weighted by atomic mass is 16.5. The second kappa shape index (κ2) is 5.36. The van der Waals surface area contributed by atoms with Crippen molar-refractivity contribution < 1.29 is 14.6 Å². The van der Waals surface area contributed by atoms with Gasteiger partial charge in [-0.1, -0.05) is 12.1 Å². The van der Waals surface area contributed by atoms with E-state index < -0.39 is 0 Å². The standard InChI is InChI=1S/C15H14O3/c1-2-18-14-6-3-11(4-7-14)15-8-5-13(17)9-12(15)10-16/h3-10,17H,2H2,1H3. The van der Waals surface area contributed by atoms with Crippen LogP contribution in [0.5, 0.6) is 11.5 Å². The maximum absolute atomic E-state index is 11.0. The third-order valence-corrected chi connectivity index (χ3v) is 2.64. The zero-order valence-electron chi connectivity index (χ0n) is 10.1. The summed E-state index contributed by atoms with van der Waals surface area (Å²) in [5.74, 6) is 0.888. The Hall–Kier alpha value is -2.29. The van der Waals surface area contributed by atoms with E-state index in [0.717, 1.165) is 23.2 Å². The number of phenolic OH excluding ortho intramolecular Hbond substituents is 1. The van der Waals surface area contributed by atoms with Crippen LogP contribution in [0.25, 0.3) is 11.1 Å². The Morgan fingerprint density at radius 2 is 1.89 bits per heavy atom. The van der Waals surface area contributed by atoms with Crippen molar-refractivity contribution in [3.63, 3.8) is 0 Å². The molecule has 2 aromatic carbocycles. The first-order chi connectivity index (χ1) is 8.74. The molecule has 0 radical (unpaired) electrons. The molecule has 0 atom stereocenters. The number of hydrogen-bond donors (Lipinski definition) is 1. The number of aldehydes is 1. The largest absolute Gasteiger partial charge is 0.508 e. The summed E-state index contributed by atoms with van der Waals surface area (Å²) < 4.78 is 5.36. The molecule has 0 amide bonds. The van der Waals surface area contributed by atoms with E-state index in [1.54, 1.807) is 12.1 Å². The quantitative estimate of drug-likeness (QED) is 0.837. The number of phenols is 1. The minimum absolute atomic E-state index is 0.0896. The second-order valence-electron chi connectivity index (χ2n) is 3.85. The van der Waals surface area contributed by atoms with Gasteiger partial charge in [0.1, 0.15) is 11.5 Å². The lowest BCUT2D eigenvalue weighted by atomic mass is 10.00. The summed E-state index contributed by atoms with van der Waals surface area (Å²) in [6.45, 7) is 2.55. The topological polar surface area (TPSA) is 46.5 Å². The van der Waals surface area contributed by atoms with Crippen molar-refractivity contribution in [2.75, 3.05) is 6.61 Å². The van der Waals surface area contributed by atoms with Crippen molar-refractivity contribution in [3.8, 4) is 22.6 Å². The predicted octanol–water partition coefficient (Wildman–Crippen LogP) is 3.27. The molecule has 0 saturated heterocycles. The highest BCUT2D eigenvalue weighted by Crippen LogP contribution is 2.27. The van der Waals surface area contributed by atoms with Crippen molar-refractivity contribution in [2.24, 2.45) is 0 Å². The minimum atomic E-state index is 0.0896. The first-order valence-corrected chi connectivity index (χ1v) is 5.76. The maximum atomic E-state index is 11.0. The van der Waals surface area contributed by atoms with E-state index in [-0.39, 0.29) is 5.75 Å². The summed E-state index contributed by atoms with van der Waals surface area (Å²) in [6.07, 6.45) is 0.742. The zero-order valence-corrected chi connectivity index (χ0v) is 10.1. The number of hydrogen-bond acceptors (Lipinski definition) is 3. The van der Waals surface area contributed by atoms with Gasteiger partial charge in [-0.25, -0.2) is 0 Å². The van der Waals surface area contributed by atoms with Crippen LogP contribution in [-0.4, -0.2) is 18.0 Å². The number of benzene rings is 2. The van der Waals surface area contributed by atoms with Crippen molar-refractivity contribution in [1.29, 1.82) is 0 Å². The van der Waals surface area contributed by atoms with E-state index in [4.69, 9.17) is 4.74 Å². The van der Waals surface area contributed by atoms with Gasteiger partial charge in [0.25, 0.3) is 0 Å². The first-order valence-electron chi connectivity index (χ1n) is 5.76. The minimum Gasteiger partial charge on any atom is -0.508 e. The molecule has 3 nitrogen and oxygen atoms in total. The number of carbonyl (C=O) groups excluding carboxylic acids is 1. The molecule has 2 aromatic rings. The SMILES string of the molecule is CCOc1ccc(-c2ccc(O)cc2C=O)cc1. The lowest BCUT2D eigenvalue weighted by Crippen LogP contribution is -1.91. The maximum Gasteiger partial charge on any atom is 0.150 e. The van der Waals surface area contributed by atoms with Crippen LogP contribution in [-0.2, 0) is 0 Å².